The molecule has 4 aromatic carbocycles. The van der Waals surface area contributed by atoms with Crippen LogP contribution in [0.5, 0.6) is 0 Å². The summed E-state index contributed by atoms with van der Waals surface area (Å²) in [5.41, 5.74) is 3.64. The number of carboxylic acid groups (broad SMARTS) is 1. The molecule has 2 heterocycles. The van der Waals surface area contributed by atoms with E-state index in [2.05, 4.69) is 6.92 Å². The predicted octanol–water partition coefficient (Wildman–Crippen LogP) is 2.37. The first-order valence-corrected chi connectivity index (χ1v) is 16.8. The molecule has 4 aromatic rings. The minimum atomic E-state index is -0.924. The van der Waals surface area contributed by atoms with Crippen molar-refractivity contribution in [1.82, 2.24) is 9.80 Å². The van der Waals surface area contributed by atoms with Gasteiger partial charge in [-0.1, -0.05) is 135 Å². The SMILES string of the molecule is COC(=O)[C@@H]1C[C@H](C)CN1C(=O)C(c1ccccc1)c1ccccc1.C[C@H]1C[C@@H](C(=O)O)N(C(=O)C(c2ccccc2)c2ccccc2)C1.O.[Li+].[OH-]. The molecule has 0 radical (unpaired) electrons. The number of esters is 1. The van der Waals surface area contributed by atoms with Gasteiger partial charge in [0.15, 0.2) is 0 Å². The molecule has 0 bridgehead atoms. The van der Waals surface area contributed by atoms with E-state index in [1.54, 1.807) is 4.90 Å². The van der Waals surface area contributed by atoms with Crippen molar-refractivity contribution in [3.63, 3.8) is 0 Å². The molecule has 2 fully saturated rings. The molecule has 2 saturated heterocycles. The second-order valence-corrected chi connectivity index (χ2v) is 13.1. The number of aliphatic carboxylic acids is 1. The van der Waals surface area contributed by atoms with Gasteiger partial charge in [-0.25, -0.2) is 9.59 Å². The second kappa shape index (κ2) is 20.4. The Morgan fingerprint density at radius 3 is 1.17 bits per heavy atom. The van der Waals surface area contributed by atoms with Crippen LogP contribution in [0.2, 0.25) is 0 Å². The molecule has 0 spiro atoms. The fourth-order valence-electron chi connectivity index (χ4n) is 7.04. The van der Waals surface area contributed by atoms with Crippen LogP contribution in [0.4, 0.5) is 0 Å². The van der Waals surface area contributed by atoms with Crippen LogP contribution in [-0.2, 0) is 23.9 Å². The van der Waals surface area contributed by atoms with E-state index in [-0.39, 0.29) is 59.4 Å². The molecule has 10 nitrogen and oxygen atoms in total. The smallest absolute Gasteiger partial charge is 0.870 e. The molecule has 270 valence electrons. The van der Waals surface area contributed by atoms with Crippen LogP contribution in [0, 0.1) is 11.8 Å². The number of carbonyl (C=O) groups is 4. The quantitative estimate of drug-likeness (QED) is 0.218. The molecule has 0 unspecified atom stereocenters. The van der Waals surface area contributed by atoms with Crippen molar-refractivity contribution in [3.8, 4) is 0 Å². The Morgan fingerprint density at radius 1 is 0.596 bits per heavy atom. The van der Waals surface area contributed by atoms with E-state index in [1.165, 1.54) is 12.0 Å². The number of methoxy groups -OCH3 is 1. The summed E-state index contributed by atoms with van der Waals surface area (Å²) in [5.74, 6) is -1.85. The largest absolute Gasteiger partial charge is 1.00 e. The zero-order chi connectivity index (χ0) is 34.9. The molecule has 6 rings (SSSR count). The van der Waals surface area contributed by atoms with Crippen molar-refractivity contribution in [2.75, 3.05) is 20.2 Å². The number of carbonyl (C=O) groups excluding carboxylic acids is 3. The Balaban J connectivity index is 0.000000341. The van der Waals surface area contributed by atoms with Gasteiger partial charge in [0.2, 0.25) is 11.8 Å². The third kappa shape index (κ3) is 10.2. The summed E-state index contributed by atoms with van der Waals surface area (Å²) in [6.45, 7) is 5.12. The molecule has 52 heavy (non-hydrogen) atoms. The van der Waals surface area contributed by atoms with E-state index in [1.807, 2.05) is 128 Å². The third-order valence-corrected chi connectivity index (χ3v) is 9.37. The fraction of sp³-hybridized carbons (Fsp3) is 0.317. The monoisotopic (exact) mass is 702 g/mol. The minimum Gasteiger partial charge on any atom is -0.870 e. The van der Waals surface area contributed by atoms with E-state index in [4.69, 9.17) is 4.74 Å². The molecular formula is C41H47LiN2O8. The Bertz CT molecular complexity index is 1630. The molecular weight excluding hydrogens is 655 g/mol. The number of ether oxygens (including phenoxy) is 1. The van der Waals surface area contributed by atoms with Gasteiger partial charge in [-0.15, -0.1) is 0 Å². The maximum Gasteiger partial charge on any atom is 1.00 e. The number of benzene rings is 4. The first-order chi connectivity index (χ1) is 23.7. The maximum absolute atomic E-state index is 13.4. The Hall–Kier alpha value is -4.72. The standard InChI is InChI=1S/C21H23NO3.C20H21NO3.Li.2H2O/c1-15-13-18(21(24)25-2)22(14-15)20(23)19(16-9-5-3-6-10-16)17-11-7-4-8-12-17;1-14-12-17(20(23)24)21(13-14)19(22)18(15-8-4-2-5-9-15)16-10-6-3-7-11-16;;;/h3-12,15,18-19H,13-14H2,1-2H3;2-11,14,17-18H,12-13H2,1H3,(H,23,24);;2*1H2/q;;+1;;/p-1/t15-,18-;14-,17-;;;/m00.../s1. The van der Waals surface area contributed by atoms with Crippen LogP contribution in [0.3, 0.4) is 0 Å². The fourth-order valence-corrected chi connectivity index (χ4v) is 7.04. The van der Waals surface area contributed by atoms with E-state index in [9.17, 15) is 24.3 Å². The van der Waals surface area contributed by atoms with Crippen molar-refractivity contribution >= 4 is 23.8 Å². The predicted molar refractivity (Wildman–Crippen MR) is 193 cm³/mol. The maximum atomic E-state index is 13.4. The molecule has 11 heteroatoms. The summed E-state index contributed by atoms with van der Waals surface area (Å²) < 4.78 is 4.92. The van der Waals surface area contributed by atoms with Crippen LogP contribution >= 0.6 is 0 Å². The van der Waals surface area contributed by atoms with Crippen LogP contribution in [0.1, 0.15) is 60.8 Å². The summed E-state index contributed by atoms with van der Waals surface area (Å²) in [6, 6.07) is 37.3. The van der Waals surface area contributed by atoms with Gasteiger partial charge < -0.3 is 30.6 Å². The van der Waals surface area contributed by atoms with E-state index in [0.29, 0.717) is 25.9 Å². The molecule has 2 aliphatic heterocycles. The van der Waals surface area contributed by atoms with Gasteiger partial charge in [0.05, 0.1) is 18.9 Å². The van der Waals surface area contributed by atoms with Crippen LogP contribution in [0.25, 0.3) is 0 Å². The minimum absolute atomic E-state index is 0. The number of likely N-dealkylation sites (tertiary alicyclic amines) is 2. The van der Waals surface area contributed by atoms with E-state index >= 15 is 0 Å². The number of amides is 2. The number of nitrogens with zero attached hydrogens (tertiary/aromatic N) is 2. The number of carboxylic acids is 1. The Labute approximate surface area is 317 Å². The van der Waals surface area contributed by atoms with Gasteiger partial charge in [-0.05, 0) is 46.9 Å². The van der Waals surface area contributed by atoms with Crippen molar-refractivity contribution < 1.29 is 58.8 Å². The van der Waals surface area contributed by atoms with Crippen molar-refractivity contribution in [2.45, 2.75) is 50.6 Å². The zero-order valence-corrected chi connectivity index (χ0v) is 30.2. The van der Waals surface area contributed by atoms with Gasteiger partial charge in [0, 0.05) is 13.1 Å². The van der Waals surface area contributed by atoms with Gasteiger partial charge in [0.1, 0.15) is 12.1 Å². The Kier molecular flexibility index (Phi) is 17.0. The number of hydrogen-bond acceptors (Lipinski definition) is 6. The number of rotatable bonds is 8. The van der Waals surface area contributed by atoms with E-state index < -0.39 is 29.9 Å². The summed E-state index contributed by atoms with van der Waals surface area (Å²) in [5, 5.41) is 9.48. The summed E-state index contributed by atoms with van der Waals surface area (Å²) in [7, 11) is 1.37. The molecule has 0 aliphatic carbocycles. The first-order valence-electron chi connectivity index (χ1n) is 16.8. The molecule has 2 aliphatic rings. The summed E-state index contributed by atoms with van der Waals surface area (Å²) in [6.07, 6.45) is 1.16. The van der Waals surface area contributed by atoms with Crippen molar-refractivity contribution in [1.29, 1.82) is 0 Å². The van der Waals surface area contributed by atoms with Gasteiger partial charge in [-0.2, -0.15) is 0 Å². The average molecular weight is 703 g/mol. The molecule has 0 saturated carbocycles. The van der Waals surface area contributed by atoms with Crippen LogP contribution in [-0.4, -0.2) is 81.9 Å². The zero-order valence-electron chi connectivity index (χ0n) is 30.2. The molecule has 2 amide bonds. The number of hydrogen-bond donors (Lipinski definition) is 1. The third-order valence-electron chi connectivity index (χ3n) is 9.37. The molecule has 4 N–H and O–H groups in total. The first kappa shape index (κ1) is 43.4. The van der Waals surface area contributed by atoms with Crippen LogP contribution in [0.15, 0.2) is 121 Å². The van der Waals surface area contributed by atoms with Gasteiger partial charge in [0.25, 0.3) is 0 Å². The van der Waals surface area contributed by atoms with Crippen molar-refractivity contribution in [3.05, 3.63) is 144 Å². The average Bonchev–Trinajstić information content (AvgIpc) is 3.73. The summed E-state index contributed by atoms with van der Waals surface area (Å²) >= 11 is 0. The topological polar surface area (TPSA) is 166 Å². The molecule has 0 aromatic heterocycles. The molecule has 4 atom stereocenters. The van der Waals surface area contributed by atoms with Crippen molar-refractivity contribution in [2.24, 2.45) is 11.8 Å². The van der Waals surface area contributed by atoms with Crippen LogP contribution < -0.4 is 18.9 Å². The van der Waals surface area contributed by atoms with E-state index in [0.717, 1.165) is 22.3 Å². The second-order valence-electron chi connectivity index (χ2n) is 13.1. The normalized spacial score (nSPS) is 18.9. The van der Waals surface area contributed by atoms with Gasteiger partial charge in [-0.3, -0.25) is 9.59 Å². The van der Waals surface area contributed by atoms with Gasteiger partial charge >= 0.3 is 30.8 Å². The Morgan fingerprint density at radius 2 is 0.885 bits per heavy atom. The summed E-state index contributed by atoms with van der Waals surface area (Å²) in [4.78, 5) is 53.7.